The first kappa shape index (κ1) is 26.1. The lowest BCUT2D eigenvalue weighted by Crippen LogP contribution is -2.58. The molecular weight excluding hydrogens is 480 g/mol. The van der Waals surface area contributed by atoms with E-state index in [9.17, 15) is 23.1 Å². The van der Waals surface area contributed by atoms with E-state index in [1.807, 2.05) is 13.0 Å². The zero-order valence-electron chi connectivity index (χ0n) is 21.0. The molecule has 1 amide bonds. The topological polar surface area (TPSA) is 129 Å². The van der Waals surface area contributed by atoms with Crippen molar-refractivity contribution >= 4 is 27.7 Å². The number of hydrogen-bond acceptors (Lipinski definition) is 6. The fourth-order valence-corrected chi connectivity index (χ4v) is 6.85. The van der Waals surface area contributed by atoms with E-state index in [0.29, 0.717) is 24.1 Å². The van der Waals surface area contributed by atoms with Gasteiger partial charge in [0.15, 0.2) is 0 Å². The van der Waals surface area contributed by atoms with Crippen molar-refractivity contribution in [1.29, 1.82) is 0 Å². The summed E-state index contributed by atoms with van der Waals surface area (Å²) in [4.78, 5) is 30.7. The summed E-state index contributed by atoms with van der Waals surface area (Å²) in [6.45, 7) is 6.40. The van der Waals surface area contributed by atoms with Crippen LogP contribution in [-0.2, 0) is 32.5 Å². The molecule has 36 heavy (non-hydrogen) atoms. The zero-order valence-corrected chi connectivity index (χ0v) is 21.8. The van der Waals surface area contributed by atoms with E-state index in [4.69, 9.17) is 0 Å². The van der Waals surface area contributed by atoms with Crippen LogP contribution >= 0.6 is 0 Å². The van der Waals surface area contributed by atoms with Crippen LogP contribution in [-0.4, -0.2) is 61.0 Å². The van der Waals surface area contributed by atoms with Crippen molar-refractivity contribution in [2.75, 3.05) is 25.0 Å². The van der Waals surface area contributed by atoms with E-state index < -0.39 is 22.0 Å². The average Bonchev–Trinajstić information content (AvgIpc) is 2.80. The first-order valence-electron chi connectivity index (χ1n) is 12.4. The molecular formula is C26H34N4O5S. The molecule has 2 aliphatic heterocycles. The number of benzene rings is 1. The highest BCUT2D eigenvalue weighted by Crippen LogP contribution is 2.26. The molecule has 0 spiro atoms. The SMILES string of the molecule is Cc1cc(C)c(S(=O)(=O)NC(CN2C[C@H](CCCc3ccc4c(n3)NCCC4)C2=O)C(=O)O)c(C)c1. The number of hydrogen-bond donors (Lipinski definition) is 3. The molecule has 194 valence electrons. The highest BCUT2D eigenvalue weighted by atomic mass is 32.2. The van der Waals surface area contributed by atoms with Crippen LogP contribution in [0, 0.1) is 26.7 Å². The number of nitrogens with one attached hydrogen (secondary N) is 2. The second kappa shape index (κ2) is 10.6. The van der Waals surface area contributed by atoms with Gasteiger partial charge in [0, 0.05) is 25.3 Å². The number of aliphatic carboxylic acids is 1. The molecule has 2 atom stereocenters. The van der Waals surface area contributed by atoms with Crippen molar-refractivity contribution < 1.29 is 23.1 Å². The molecule has 9 nitrogen and oxygen atoms in total. The molecule has 1 fully saturated rings. The molecule has 0 bridgehead atoms. The Balaban J connectivity index is 1.30. The van der Waals surface area contributed by atoms with Crippen molar-refractivity contribution in [3.63, 3.8) is 0 Å². The van der Waals surface area contributed by atoms with Gasteiger partial charge in [-0.25, -0.2) is 13.4 Å². The Labute approximate surface area is 212 Å². The number of amides is 1. The number of aromatic nitrogens is 1. The quantitative estimate of drug-likeness (QED) is 0.416. The maximum Gasteiger partial charge on any atom is 0.323 e. The zero-order chi connectivity index (χ0) is 26.0. The van der Waals surface area contributed by atoms with E-state index in [-0.39, 0.29) is 23.3 Å². The van der Waals surface area contributed by atoms with Crippen LogP contribution in [0.1, 0.15) is 47.2 Å². The number of carboxylic acid groups (broad SMARTS) is 1. The van der Waals surface area contributed by atoms with Crippen LogP contribution in [0.5, 0.6) is 0 Å². The fraction of sp³-hybridized carbons (Fsp3) is 0.500. The second-order valence-corrected chi connectivity index (χ2v) is 11.6. The van der Waals surface area contributed by atoms with Gasteiger partial charge in [0.25, 0.3) is 0 Å². The summed E-state index contributed by atoms with van der Waals surface area (Å²) in [6, 6.07) is 6.23. The monoisotopic (exact) mass is 514 g/mol. The summed E-state index contributed by atoms with van der Waals surface area (Å²) in [5.74, 6) is -0.663. The Morgan fingerprint density at radius 3 is 2.64 bits per heavy atom. The van der Waals surface area contributed by atoms with Crippen molar-refractivity contribution in [2.45, 2.75) is 63.8 Å². The van der Waals surface area contributed by atoms with Gasteiger partial charge >= 0.3 is 5.97 Å². The van der Waals surface area contributed by atoms with Crippen molar-refractivity contribution in [3.8, 4) is 0 Å². The first-order chi connectivity index (χ1) is 17.0. The normalized spacial score (nSPS) is 18.2. The van der Waals surface area contributed by atoms with Crippen molar-refractivity contribution in [2.24, 2.45) is 5.92 Å². The largest absolute Gasteiger partial charge is 0.480 e. The van der Waals surface area contributed by atoms with E-state index in [2.05, 4.69) is 21.1 Å². The lowest BCUT2D eigenvalue weighted by molar-refractivity contribution is -0.150. The molecule has 3 heterocycles. The third-order valence-corrected chi connectivity index (χ3v) is 8.69. The second-order valence-electron chi connectivity index (χ2n) is 9.91. The molecule has 10 heteroatoms. The lowest BCUT2D eigenvalue weighted by Gasteiger charge is -2.40. The number of sulfonamides is 1. The highest BCUT2D eigenvalue weighted by Gasteiger charge is 2.39. The molecule has 2 aliphatic rings. The van der Waals surface area contributed by atoms with Gasteiger partial charge < -0.3 is 15.3 Å². The van der Waals surface area contributed by atoms with Crippen LogP contribution < -0.4 is 10.0 Å². The van der Waals surface area contributed by atoms with Crippen molar-refractivity contribution in [3.05, 3.63) is 52.2 Å². The number of fused-ring (bicyclic) bond motifs is 1. The number of aryl methyl sites for hydroxylation is 5. The van der Waals surface area contributed by atoms with Gasteiger partial charge in [-0.1, -0.05) is 23.8 Å². The van der Waals surface area contributed by atoms with E-state index >= 15 is 0 Å². The molecule has 0 aliphatic carbocycles. The Hall–Kier alpha value is -2.98. The Kier molecular flexibility index (Phi) is 7.65. The van der Waals surface area contributed by atoms with E-state index in [1.54, 1.807) is 26.0 Å². The van der Waals surface area contributed by atoms with Gasteiger partial charge in [0.2, 0.25) is 15.9 Å². The molecule has 0 saturated carbocycles. The van der Waals surface area contributed by atoms with Gasteiger partial charge in [0.05, 0.1) is 10.8 Å². The summed E-state index contributed by atoms with van der Waals surface area (Å²) in [5, 5.41) is 13.0. The Bertz CT molecular complexity index is 1250. The van der Waals surface area contributed by atoms with Gasteiger partial charge in [-0.3, -0.25) is 9.59 Å². The maximum absolute atomic E-state index is 13.0. The van der Waals surface area contributed by atoms with Gasteiger partial charge in [-0.05, 0) is 75.6 Å². The highest BCUT2D eigenvalue weighted by molar-refractivity contribution is 7.89. The minimum Gasteiger partial charge on any atom is -0.480 e. The molecule has 4 rings (SSSR count). The number of rotatable bonds is 10. The van der Waals surface area contributed by atoms with Crippen molar-refractivity contribution in [1.82, 2.24) is 14.6 Å². The summed E-state index contributed by atoms with van der Waals surface area (Å²) in [5.41, 5.74) is 4.26. The number of carbonyl (C=O) groups is 2. The van der Waals surface area contributed by atoms with Gasteiger partial charge in [-0.2, -0.15) is 4.72 Å². The smallest absolute Gasteiger partial charge is 0.323 e. The third kappa shape index (κ3) is 5.70. The van der Waals surface area contributed by atoms with Crippen LogP contribution in [0.3, 0.4) is 0 Å². The first-order valence-corrected chi connectivity index (χ1v) is 13.9. The summed E-state index contributed by atoms with van der Waals surface area (Å²) in [6.07, 6.45) is 4.42. The molecule has 2 aromatic rings. The van der Waals surface area contributed by atoms with Crippen LogP contribution in [0.15, 0.2) is 29.2 Å². The summed E-state index contributed by atoms with van der Waals surface area (Å²) >= 11 is 0. The molecule has 1 saturated heterocycles. The summed E-state index contributed by atoms with van der Waals surface area (Å²) in [7, 11) is -4.08. The summed E-state index contributed by atoms with van der Waals surface area (Å²) < 4.78 is 28.3. The van der Waals surface area contributed by atoms with E-state index in [1.165, 1.54) is 10.5 Å². The van der Waals surface area contributed by atoms with Gasteiger partial charge in [0.1, 0.15) is 11.9 Å². The Morgan fingerprint density at radius 2 is 1.97 bits per heavy atom. The van der Waals surface area contributed by atoms with Gasteiger partial charge in [-0.15, -0.1) is 0 Å². The molecule has 1 unspecified atom stereocenters. The molecule has 1 aromatic carbocycles. The minimum atomic E-state index is -4.08. The lowest BCUT2D eigenvalue weighted by atomic mass is 9.91. The van der Waals surface area contributed by atoms with Crippen LogP contribution in [0.2, 0.25) is 0 Å². The standard InChI is InChI=1S/C26H34N4O5S/c1-16-12-17(2)23(18(3)13-16)36(34,35)29-22(26(32)33)15-30-14-20(25(30)31)6-4-8-21-10-9-19-7-5-11-27-24(19)28-21/h9-10,12-13,20,22,29H,4-8,11,14-15H2,1-3H3,(H,27,28)(H,32,33)/t20-,22?/m0/s1. The number of anilines is 1. The van der Waals surface area contributed by atoms with Crippen LogP contribution in [0.25, 0.3) is 0 Å². The molecule has 3 N–H and O–H groups in total. The number of carbonyl (C=O) groups excluding carboxylic acids is 1. The predicted octanol–water partition coefficient (Wildman–Crippen LogP) is 2.58. The third-order valence-electron chi connectivity index (χ3n) is 6.91. The number of carboxylic acids is 1. The molecule has 1 aromatic heterocycles. The predicted molar refractivity (Wildman–Crippen MR) is 136 cm³/mol. The van der Waals surface area contributed by atoms with E-state index in [0.717, 1.165) is 49.3 Å². The number of pyridine rings is 1. The minimum absolute atomic E-state index is 0.0816. The fourth-order valence-electron chi connectivity index (χ4n) is 5.22. The average molecular weight is 515 g/mol. The maximum atomic E-state index is 13.0. The number of likely N-dealkylation sites (tertiary alicyclic amines) is 1. The number of nitrogens with zero attached hydrogens (tertiary/aromatic N) is 2. The Morgan fingerprint density at radius 1 is 1.25 bits per heavy atom. The van der Waals surface area contributed by atoms with Crippen LogP contribution in [0.4, 0.5) is 5.82 Å². The molecule has 0 radical (unpaired) electrons. The number of β-lactam (4-membered cyclic amide) rings is 1.